The summed E-state index contributed by atoms with van der Waals surface area (Å²) in [4.78, 5) is 19.9. The van der Waals surface area contributed by atoms with E-state index in [1.54, 1.807) is 12.1 Å². The van der Waals surface area contributed by atoms with Crippen molar-refractivity contribution in [3.05, 3.63) is 53.6 Å². The van der Waals surface area contributed by atoms with Crippen LogP contribution in [0.1, 0.15) is 24.0 Å². The number of hydrogen-bond acceptors (Lipinski definition) is 5. The largest absolute Gasteiger partial charge is 0.423 e. The van der Waals surface area contributed by atoms with E-state index in [9.17, 15) is 9.00 Å². The Labute approximate surface area is 178 Å². The van der Waals surface area contributed by atoms with E-state index < -0.39 is 11.0 Å². The molecule has 0 spiro atoms. The maximum atomic E-state index is 12.7. The molecule has 0 bridgehead atoms. The Morgan fingerprint density at radius 1 is 1.30 bits per heavy atom. The number of nitrogens with zero attached hydrogens (tertiary/aromatic N) is 2. The Hall–Kier alpha value is -2.71. The van der Waals surface area contributed by atoms with Crippen LogP contribution in [0.2, 0.25) is 0 Å². The number of aromatic nitrogens is 1. The second kappa shape index (κ2) is 8.97. The number of amides is 1. The summed E-state index contributed by atoms with van der Waals surface area (Å²) in [5, 5.41) is 8.41. The Balaban J connectivity index is 1.32. The first-order valence-corrected chi connectivity index (χ1v) is 11.4. The Bertz CT molecular complexity index is 1060. The minimum absolute atomic E-state index is 0.0614. The minimum Gasteiger partial charge on any atom is -0.423 e. The molecule has 2 heterocycles. The van der Waals surface area contributed by atoms with E-state index >= 15 is 0 Å². The Morgan fingerprint density at radius 3 is 2.87 bits per heavy atom. The third kappa shape index (κ3) is 4.71. The molecule has 1 aliphatic rings. The smallest absolute Gasteiger partial charge is 0.298 e. The van der Waals surface area contributed by atoms with Gasteiger partial charge >= 0.3 is 0 Å². The Kier molecular flexibility index (Phi) is 6.15. The number of nitrogens with one attached hydrogen (secondary N) is 1. The summed E-state index contributed by atoms with van der Waals surface area (Å²) < 4.78 is 17.2. The lowest BCUT2D eigenvalue weighted by atomic mass is 9.97. The van der Waals surface area contributed by atoms with Crippen LogP contribution in [0.4, 0.5) is 6.01 Å². The average Bonchev–Trinajstić information content (AvgIpc) is 3.17. The van der Waals surface area contributed by atoms with Crippen LogP contribution in [-0.2, 0) is 22.2 Å². The minimum atomic E-state index is -1.47. The van der Waals surface area contributed by atoms with E-state index in [2.05, 4.69) is 15.2 Å². The number of aryl methyl sites for hydroxylation is 1. The molecule has 1 fully saturated rings. The molecule has 2 atom stereocenters. The zero-order valence-corrected chi connectivity index (χ0v) is 17.8. The molecule has 0 aliphatic carbocycles. The van der Waals surface area contributed by atoms with Crippen LogP contribution in [-0.4, -0.2) is 34.7 Å². The molecule has 4 rings (SSSR count). The summed E-state index contributed by atoms with van der Waals surface area (Å²) in [6, 6.07) is 13.9. The van der Waals surface area contributed by atoms with Gasteiger partial charge in [0.1, 0.15) is 16.5 Å². The lowest BCUT2D eigenvalue weighted by Crippen LogP contribution is -2.43. The topological polar surface area (TPSA) is 101 Å². The standard InChI is InChI=1S/C22H26N4O3S/c1-15-4-9-19-20(13-15)29-22(25-19)26-12-2-3-17(14-26)21(27)24-11-10-16-5-7-18(8-6-16)30(23)28/h4-9,13,17H,2-3,10-12,14,23H2,1H3,(H,24,27). The first-order valence-electron chi connectivity index (χ1n) is 10.1. The molecule has 2 aromatic carbocycles. The van der Waals surface area contributed by atoms with Gasteiger partial charge in [-0.2, -0.15) is 4.98 Å². The summed E-state index contributed by atoms with van der Waals surface area (Å²) in [5.41, 5.74) is 3.82. The summed E-state index contributed by atoms with van der Waals surface area (Å²) in [5.74, 6) is -0.0242. The summed E-state index contributed by atoms with van der Waals surface area (Å²) in [6.45, 7) is 4.03. The van der Waals surface area contributed by atoms with Crippen molar-refractivity contribution in [3.8, 4) is 0 Å². The van der Waals surface area contributed by atoms with Crippen LogP contribution in [0.5, 0.6) is 0 Å². The van der Waals surface area contributed by atoms with E-state index in [1.807, 2.05) is 37.3 Å². The first kappa shape index (κ1) is 20.6. The molecule has 158 valence electrons. The molecule has 3 aromatic rings. The fourth-order valence-electron chi connectivity index (χ4n) is 3.78. The van der Waals surface area contributed by atoms with E-state index in [4.69, 9.17) is 9.56 Å². The Morgan fingerprint density at radius 2 is 2.10 bits per heavy atom. The van der Waals surface area contributed by atoms with Crippen LogP contribution in [0.25, 0.3) is 11.1 Å². The highest BCUT2D eigenvalue weighted by Crippen LogP contribution is 2.27. The number of nitrogens with two attached hydrogens (primary N) is 1. The van der Waals surface area contributed by atoms with Crippen molar-refractivity contribution < 1.29 is 13.4 Å². The molecule has 0 radical (unpaired) electrons. The number of carbonyl (C=O) groups is 1. The van der Waals surface area contributed by atoms with Gasteiger partial charge in [-0.15, -0.1) is 0 Å². The summed E-state index contributed by atoms with van der Waals surface area (Å²) in [7, 11) is -1.47. The molecule has 0 saturated carbocycles. The van der Waals surface area contributed by atoms with Gasteiger partial charge in [-0.3, -0.25) is 4.79 Å². The van der Waals surface area contributed by atoms with Crippen LogP contribution in [0.15, 0.2) is 51.8 Å². The van der Waals surface area contributed by atoms with Crippen molar-refractivity contribution in [2.75, 3.05) is 24.5 Å². The van der Waals surface area contributed by atoms with E-state index in [0.29, 0.717) is 30.4 Å². The summed E-state index contributed by atoms with van der Waals surface area (Å²) in [6.07, 6.45) is 2.50. The number of benzene rings is 2. The molecule has 30 heavy (non-hydrogen) atoms. The number of rotatable bonds is 6. The van der Waals surface area contributed by atoms with Gasteiger partial charge in [0.15, 0.2) is 5.58 Å². The average molecular weight is 427 g/mol. The zero-order valence-electron chi connectivity index (χ0n) is 17.0. The fraction of sp³-hybridized carbons (Fsp3) is 0.364. The molecule has 7 nitrogen and oxygen atoms in total. The van der Waals surface area contributed by atoms with Gasteiger partial charge in [0, 0.05) is 19.6 Å². The highest BCUT2D eigenvalue weighted by Gasteiger charge is 2.28. The van der Waals surface area contributed by atoms with Crippen molar-refractivity contribution in [3.63, 3.8) is 0 Å². The lowest BCUT2D eigenvalue weighted by Gasteiger charge is -2.30. The maximum absolute atomic E-state index is 12.7. The van der Waals surface area contributed by atoms with Gasteiger partial charge in [0.25, 0.3) is 6.01 Å². The second-order valence-corrected chi connectivity index (χ2v) is 8.80. The number of piperidine rings is 1. The number of fused-ring (bicyclic) bond motifs is 1. The highest BCUT2D eigenvalue weighted by molar-refractivity contribution is 7.82. The SMILES string of the molecule is Cc1ccc2nc(N3CCCC(C(=O)NCCc4ccc(S(N)=O)cc4)C3)oc2c1. The van der Waals surface area contributed by atoms with Gasteiger partial charge < -0.3 is 14.6 Å². The fourth-order valence-corrected chi connectivity index (χ4v) is 4.19. The third-order valence-electron chi connectivity index (χ3n) is 5.46. The number of carbonyl (C=O) groups excluding carboxylic acids is 1. The molecular weight excluding hydrogens is 400 g/mol. The molecule has 1 saturated heterocycles. The van der Waals surface area contributed by atoms with E-state index in [-0.39, 0.29) is 11.8 Å². The molecule has 3 N–H and O–H groups in total. The molecule has 2 unspecified atom stereocenters. The second-order valence-electron chi connectivity index (χ2n) is 7.74. The van der Waals surface area contributed by atoms with Crippen LogP contribution < -0.4 is 15.4 Å². The highest BCUT2D eigenvalue weighted by atomic mass is 32.2. The molecule has 8 heteroatoms. The van der Waals surface area contributed by atoms with E-state index in [0.717, 1.165) is 41.6 Å². The zero-order chi connectivity index (χ0) is 21.1. The van der Waals surface area contributed by atoms with Crippen LogP contribution in [0.3, 0.4) is 0 Å². The molecule has 1 aromatic heterocycles. The van der Waals surface area contributed by atoms with Gasteiger partial charge in [-0.05, 0) is 61.6 Å². The third-order valence-corrected chi connectivity index (χ3v) is 6.20. The summed E-state index contributed by atoms with van der Waals surface area (Å²) >= 11 is 0. The van der Waals surface area contributed by atoms with Crippen molar-refractivity contribution in [1.29, 1.82) is 0 Å². The van der Waals surface area contributed by atoms with Crippen molar-refractivity contribution in [2.45, 2.75) is 31.1 Å². The van der Waals surface area contributed by atoms with Gasteiger partial charge in [0.05, 0.1) is 10.8 Å². The quantitative estimate of drug-likeness (QED) is 0.631. The molecule has 1 amide bonds. The maximum Gasteiger partial charge on any atom is 0.298 e. The molecular formula is C22H26N4O3S. The van der Waals surface area contributed by atoms with Gasteiger partial charge in [-0.25, -0.2) is 9.35 Å². The predicted molar refractivity (Wildman–Crippen MR) is 117 cm³/mol. The van der Waals surface area contributed by atoms with Crippen molar-refractivity contribution >= 4 is 34.0 Å². The number of anilines is 1. The van der Waals surface area contributed by atoms with Gasteiger partial charge in [0.2, 0.25) is 5.91 Å². The monoisotopic (exact) mass is 426 g/mol. The number of hydrogen-bond donors (Lipinski definition) is 2. The van der Waals surface area contributed by atoms with Crippen LogP contribution >= 0.6 is 0 Å². The number of oxazole rings is 1. The molecule has 1 aliphatic heterocycles. The van der Waals surface area contributed by atoms with Crippen molar-refractivity contribution in [1.82, 2.24) is 10.3 Å². The lowest BCUT2D eigenvalue weighted by molar-refractivity contribution is -0.125. The van der Waals surface area contributed by atoms with Crippen LogP contribution in [0, 0.1) is 12.8 Å². The van der Waals surface area contributed by atoms with Gasteiger partial charge in [-0.1, -0.05) is 18.2 Å². The first-order chi connectivity index (χ1) is 14.5. The van der Waals surface area contributed by atoms with Crippen molar-refractivity contribution in [2.24, 2.45) is 11.1 Å². The predicted octanol–water partition coefficient (Wildman–Crippen LogP) is 2.69. The normalized spacial score (nSPS) is 17.8. The van der Waals surface area contributed by atoms with E-state index in [1.165, 1.54) is 0 Å².